The number of carbonyl (C=O) groups excluding carboxylic acids is 2. The van der Waals surface area contributed by atoms with Gasteiger partial charge in [0.15, 0.2) is 11.5 Å². The Morgan fingerprint density at radius 3 is 2.45 bits per heavy atom. The molecular weight excluding hydrogens is 416 g/mol. The first-order valence-electron chi connectivity index (χ1n) is 10.4. The van der Waals surface area contributed by atoms with E-state index in [9.17, 15) is 9.59 Å². The number of rotatable bonds is 11. The molecule has 0 saturated heterocycles. The Morgan fingerprint density at radius 2 is 1.81 bits per heavy atom. The number of hydrogen-bond donors (Lipinski definition) is 1. The number of benzene rings is 2. The summed E-state index contributed by atoms with van der Waals surface area (Å²) in [7, 11) is 3.16. The largest absolute Gasteiger partial charge is 0.493 e. The van der Waals surface area contributed by atoms with Gasteiger partial charge in [0, 0.05) is 24.5 Å². The van der Waals surface area contributed by atoms with E-state index in [1.165, 1.54) is 0 Å². The second kappa shape index (κ2) is 12.2. The fraction of sp³-hybridized carbons (Fsp3) is 0.417. The van der Waals surface area contributed by atoms with E-state index in [0.29, 0.717) is 36.0 Å². The van der Waals surface area contributed by atoms with Crippen LogP contribution in [0.25, 0.3) is 0 Å². The van der Waals surface area contributed by atoms with Crippen LogP contribution in [0.2, 0.25) is 5.02 Å². The molecule has 1 N–H and O–H groups in total. The first-order chi connectivity index (χ1) is 14.9. The SMILES string of the molecule is CCCNC(=O)[C@@H](C)N(Cc1cccc(Cl)c1)C(=O)CCc1ccc(OC)c(OC)c1. The third-order valence-electron chi connectivity index (χ3n) is 5.03. The van der Waals surface area contributed by atoms with Gasteiger partial charge in [0.05, 0.1) is 14.2 Å². The van der Waals surface area contributed by atoms with Crippen LogP contribution in [0, 0.1) is 0 Å². The summed E-state index contributed by atoms with van der Waals surface area (Å²) in [6.45, 7) is 4.63. The Hall–Kier alpha value is -2.73. The summed E-state index contributed by atoms with van der Waals surface area (Å²) in [5, 5.41) is 3.47. The maximum Gasteiger partial charge on any atom is 0.242 e. The van der Waals surface area contributed by atoms with E-state index in [0.717, 1.165) is 17.5 Å². The van der Waals surface area contributed by atoms with Gasteiger partial charge in [-0.05, 0) is 55.2 Å². The highest BCUT2D eigenvalue weighted by atomic mass is 35.5. The average molecular weight is 447 g/mol. The highest BCUT2D eigenvalue weighted by molar-refractivity contribution is 6.30. The van der Waals surface area contributed by atoms with Gasteiger partial charge in [0.2, 0.25) is 11.8 Å². The predicted molar refractivity (Wildman–Crippen MR) is 123 cm³/mol. The van der Waals surface area contributed by atoms with Crippen molar-refractivity contribution in [1.82, 2.24) is 10.2 Å². The maximum absolute atomic E-state index is 13.2. The lowest BCUT2D eigenvalue weighted by atomic mass is 10.1. The van der Waals surface area contributed by atoms with Crippen LogP contribution in [0.3, 0.4) is 0 Å². The Bertz CT molecular complexity index is 888. The molecule has 0 aliphatic heterocycles. The Balaban J connectivity index is 2.15. The molecule has 0 fully saturated rings. The first kappa shape index (κ1) is 24.5. The van der Waals surface area contributed by atoms with Crippen LogP contribution in [-0.4, -0.2) is 43.5 Å². The van der Waals surface area contributed by atoms with Gasteiger partial charge in [-0.15, -0.1) is 0 Å². The Labute approximate surface area is 189 Å². The van der Waals surface area contributed by atoms with Gasteiger partial charge in [0.25, 0.3) is 0 Å². The smallest absolute Gasteiger partial charge is 0.242 e. The molecule has 0 aliphatic carbocycles. The molecule has 7 heteroatoms. The molecule has 31 heavy (non-hydrogen) atoms. The van der Waals surface area contributed by atoms with Crippen LogP contribution in [0.4, 0.5) is 0 Å². The summed E-state index contributed by atoms with van der Waals surface area (Å²) in [6, 6.07) is 12.3. The summed E-state index contributed by atoms with van der Waals surface area (Å²) in [4.78, 5) is 27.3. The molecule has 6 nitrogen and oxygen atoms in total. The van der Waals surface area contributed by atoms with Crippen molar-refractivity contribution in [2.75, 3.05) is 20.8 Å². The van der Waals surface area contributed by atoms with Crippen LogP contribution in [0.15, 0.2) is 42.5 Å². The van der Waals surface area contributed by atoms with E-state index < -0.39 is 6.04 Å². The molecular formula is C24H31ClN2O4. The number of carbonyl (C=O) groups is 2. The number of ether oxygens (including phenoxy) is 2. The Kier molecular flexibility index (Phi) is 9.66. The molecule has 1 atom stereocenters. The number of halogens is 1. The van der Waals surface area contributed by atoms with E-state index >= 15 is 0 Å². The van der Waals surface area contributed by atoms with E-state index in [1.807, 2.05) is 43.3 Å². The van der Waals surface area contributed by atoms with E-state index in [-0.39, 0.29) is 18.2 Å². The van der Waals surface area contributed by atoms with E-state index in [4.69, 9.17) is 21.1 Å². The zero-order valence-corrected chi connectivity index (χ0v) is 19.4. The molecule has 2 amide bonds. The summed E-state index contributed by atoms with van der Waals surface area (Å²) in [5.41, 5.74) is 1.83. The molecule has 2 aromatic carbocycles. The van der Waals surface area contributed by atoms with Crippen LogP contribution in [0.5, 0.6) is 11.5 Å². The fourth-order valence-electron chi connectivity index (χ4n) is 3.24. The van der Waals surface area contributed by atoms with E-state index in [2.05, 4.69) is 5.32 Å². The monoisotopic (exact) mass is 446 g/mol. The summed E-state index contributed by atoms with van der Waals surface area (Å²) >= 11 is 6.11. The van der Waals surface area contributed by atoms with Crippen molar-refractivity contribution in [3.05, 3.63) is 58.6 Å². The number of nitrogens with zero attached hydrogens (tertiary/aromatic N) is 1. The second-order valence-corrected chi connectivity index (χ2v) is 7.74. The van der Waals surface area contributed by atoms with Crippen molar-refractivity contribution >= 4 is 23.4 Å². The second-order valence-electron chi connectivity index (χ2n) is 7.31. The van der Waals surface area contributed by atoms with Gasteiger partial charge in [0.1, 0.15) is 6.04 Å². The first-order valence-corrected chi connectivity index (χ1v) is 10.8. The van der Waals surface area contributed by atoms with Gasteiger partial charge in [-0.2, -0.15) is 0 Å². The lowest BCUT2D eigenvalue weighted by Crippen LogP contribution is -2.47. The number of nitrogens with one attached hydrogen (secondary N) is 1. The zero-order chi connectivity index (χ0) is 22.8. The van der Waals surface area contributed by atoms with Gasteiger partial charge in [-0.1, -0.05) is 36.7 Å². The van der Waals surface area contributed by atoms with Crippen LogP contribution in [0.1, 0.15) is 37.8 Å². The summed E-state index contributed by atoms with van der Waals surface area (Å²) in [6.07, 6.45) is 1.62. The quantitative estimate of drug-likeness (QED) is 0.560. The minimum atomic E-state index is -0.594. The highest BCUT2D eigenvalue weighted by Crippen LogP contribution is 2.28. The summed E-state index contributed by atoms with van der Waals surface area (Å²) in [5.74, 6) is 0.995. The third kappa shape index (κ3) is 7.17. The zero-order valence-electron chi connectivity index (χ0n) is 18.6. The molecule has 0 bridgehead atoms. The van der Waals surface area contributed by atoms with Gasteiger partial charge in [-0.3, -0.25) is 9.59 Å². The van der Waals surface area contributed by atoms with Crippen molar-refractivity contribution < 1.29 is 19.1 Å². The normalized spacial score (nSPS) is 11.5. The molecule has 0 aliphatic rings. The lowest BCUT2D eigenvalue weighted by molar-refractivity contribution is -0.140. The topological polar surface area (TPSA) is 67.9 Å². The number of aryl methyl sites for hydroxylation is 1. The molecule has 0 unspecified atom stereocenters. The van der Waals surface area contributed by atoms with Gasteiger partial charge < -0.3 is 19.7 Å². The molecule has 2 rings (SSSR count). The average Bonchev–Trinajstić information content (AvgIpc) is 2.78. The van der Waals surface area contributed by atoms with Crippen LogP contribution >= 0.6 is 11.6 Å². The van der Waals surface area contributed by atoms with Crippen LogP contribution < -0.4 is 14.8 Å². The van der Waals surface area contributed by atoms with Crippen LogP contribution in [-0.2, 0) is 22.6 Å². The van der Waals surface area contributed by atoms with E-state index in [1.54, 1.807) is 32.1 Å². The molecule has 0 radical (unpaired) electrons. The minimum absolute atomic E-state index is 0.103. The molecule has 0 spiro atoms. The van der Waals surface area contributed by atoms with Crippen molar-refractivity contribution in [2.24, 2.45) is 0 Å². The van der Waals surface area contributed by atoms with Crippen molar-refractivity contribution in [2.45, 2.75) is 45.7 Å². The Morgan fingerprint density at radius 1 is 1.06 bits per heavy atom. The third-order valence-corrected chi connectivity index (χ3v) is 5.27. The standard InChI is InChI=1S/C24H31ClN2O4/c1-5-13-26-24(29)17(2)27(16-19-7-6-8-20(25)14-19)23(28)12-10-18-9-11-21(30-3)22(15-18)31-4/h6-9,11,14-15,17H,5,10,12-13,16H2,1-4H3,(H,26,29)/t17-/m1/s1. The van der Waals surface area contributed by atoms with Gasteiger partial charge >= 0.3 is 0 Å². The maximum atomic E-state index is 13.2. The minimum Gasteiger partial charge on any atom is -0.493 e. The van der Waals surface area contributed by atoms with Crippen molar-refractivity contribution in [3.63, 3.8) is 0 Å². The fourth-order valence-corrected chi connectivity index (χ4v) is 3.45. The molecule has 0 saturated carbocycles. The summed E-state index contributed by atoms with van der Waals surface area (Å²) < 4.78 is 10.6. The number of amides is 2. The predicted octanol–water partition coefficient (Wildman–Crippen LogP) is 4.23. The molecule has 168 valence electrons. The number of methoxy groups -OCH3 is 2. The lowest BCUT2D eigenvalue weighted by Gasteiger charge is -2.29. The molecule has 0 heterocycles. The number of hydrogen-bond acceptors (Lipinski definition) is 4. The highest BCUT2D eigenvalue weighted by Gasteiger charge is 2.25. The van der Waals surface area contributed by atoms with Crippen molar-refractivity contribution in [1.29, 1.82) is 0 Å². The molecule has 0 aromatic heterocycles. The van der Waals surface area contributed by atoms with Crippen molar-refractivity contribution in [3.8, 4) is 11.5 Å². The molecule has 2 aromatic rings. The van der Waals surface area contributed by atoms with Gasteiger partial charge in [-0.25, -0.2) is 0 Å².